The Hall–Kier alpha value is -2.67. The number of hydrogen-bond acceptors (Lipinski definition) is 6. The van der Waals surface area contributed by atoms with Crippen LogP contribution in [0.2, 0.25) is 0 Å². The number of hydrogen-bond donors (Lipinski definition) is 2. The second-order valence-corrected chi connectivity index (χ2v) is 7.67. The number of likely N-dealkylation sites (tertiary alicyclic amines) is 1. The maximum absolute atomic E-state index is 6.14. The Kier molecular flexibility index (Phi) is 5.43. The lowest BCUT2D eigenvalue weighted by Gasteiger charge is -2.14. The van der Waals surface area contributed by atoms with Crippen LogP contribution in [0.4, 0.5) is 11.8 Å². The predicted octanol–water partition coefficient (Wildman–Crippen LogP) is 2.98. The fourth-order valence-corrected chi connectivity index (χ4v) is 3.94. The normalized spacial score (nSPS) is 14.9. The van der Waals surface area contributed by atoms with Gasteiger partial charge in [-0.3, -0.25) is 4.90 Å². The van der Waals surface area contributed by atoms with Crippen LogP contribution in [0.1, 0.15) is 49.4 Å². The molecule has 1 aromatic carbocycles. The Balaban J connectivity index is 1.58. The summed E-state index contributed by atoms with van der Waals surface area (Å²) < 4.78 is 1.91. The number of fused-ring (bicyclic) bond motifs is 1. The second-order valence-electron chi connectivity index (χ2n) is 7.67. The zero-order valence-electron chi connectivity index (χ0n) is 16.6. The third kappa shape index (κ3) is 3.94. The minimum atomic E-state index is 0.189. The molecule has 3 aromatic rings. The molecule has 4 rings (SSSR count). The SMILES string of the molecule is CCCCc1nn(Cc2ccc(CN3CCCC3)cc2)c2nc(N)nc(N)c12. The van der Waals surface area contributed by atoms with E-state index in [9.17, 15) is 0 Å². The van der Waals surface area contributed by atoms with Gasteiger partial charge in [-0.05, 0) is 49.9 Å². The van der Waals surface area contributed by atoms with Gasteiger partial charge in [-0.2, -0.15) is 15.1 Å². The van der Waals surface area contributed by atoms with Gasteiger partial charge in [0.05, 0.1) is 17.6 Å². The van der Waals surface area contributed by atoms with Gasteiger partial charge in [0.1, 0.15) is 5.82 Å². The van der Waals surface area contributed by atoms with Crippen molar-refractivity contribution in [2.75, 3.05) is 24.6 Å². The van der Waals surface area contributed by atoms with E-state index in [0.717, 1.165) is 42.5 Å². The van der Waals surface area contributed by atoms with Crippen LogP contribution in [0.25, 0.3) is 11.0 Å². The molecule has 1 aliphatic heterocycles. The first kappa shape index (κ1) is 18.7. The van der Waals surface area contributed by atoms with Crippen molar-refractivity contribution in [3.63, 3.8) is 0 Å². The number of aromatic nitrogens is 4. The highest BCUT2D eigenvalue weighted by Gasteiger charge is 2.17. The minimum Gasteiger partial charge on any atom is -0.383 e. The maximum atomic E-state index is 6.14. The van der Waals surface area contributed by atoms with E-state index in [4.69, 9.17) is 16.6 Å². The summed E-state index contributed by atoms with van der Waals surface area (Å²) in [5.74, 6) is 0.606. The molecular weight excluding hydrogens is 350 g/mol. The smallest absolute Gasteiger partial charge is 0.224 e. The second kappa shape index (κ2) is 8.14. The standard InChI is InChI=1S/C21H29N7/c1-2-3-6-17-18-19(22)24-21(23)25-20(18)28(26-17)14-16-9-7-15(8-10-16)13-27-11-4-5-12-27/h7-10H,2-6,11-14H2,1H3,(H4,22,23,24,25). The highest BCUT2D eigenvalue weighted by atomic mass is 15.3. The number of unbranched alkanes of at least 4 members (excludes halogenated alkanes) is 1. The van der Waals surface area contributed by atoms with E-state index in [0.29, 0.717) is 12.4 Å². The Bertz CT molecular complexity index is 940. The number of nitrogens with zero attached hydrogens (tertiary/aromatic N) is 5. The van der Waals surface area contributed by atoms with Crippen molar-refractivity contribution in [1.29, 1.82) is 0 Å². The van der Waals surface area contributed by atoms with Crippen LogP contribution in [-0.2, 0) is 19.5 Å². The number of aryl methyl sites for hydroxylation is 1. The number of benzene rings is 1. The zero-order chi connectivity index (χ0) is 19.5. The Labute approximate surface area is 165 Å². The molecule has 28 heavy (non-hydrogen) atoms. The molecule has 1 saturated heterocycles. The van der Waals surface area contributed by atoms with Crippen LogP contribution < -0.4 is 11.5 Å². The largest absolute Gasteiger partial charge is 0.383 e. The van der Waals surface area contributed by atoms with Crippen LogP contribution in [0.5, 0.6) is 0 Å². The van der Waals surface area contributed by atoms with Crippen LogP contribution in [-0.4, -0.2) is 37.7 Å². The molecule has 0 radical (unpaired) electrons. The molecule has 2 aromatic heterocycles. The number of rotatable bonds is 7. The van der Waals surface area contributed by atoms with Gasteiger partial charge in [-0.25, -0.2) is 4.68 Å². The van der Waals surface area contributed by atoms with Crippen molar-refractivity contribution in [3.8, 4) is 0 Å². The summed E-state index contributed by atoms with van der Waals surface area (Å²) in [5, 5.41) is 5.64. The average molecular weight is 380 g/mol. The van der Waals surface area contributed by atoms with E-state index < -0.39 is 0 Å². The Morgan fingerprint density at radius 1 is 0.964 bits per heavy atom. The average Bonchev–Trinajstić information content (AvgIpc) is 3.30. The van der Waals surface area contributed by atoms with Gasteiger partial charge in [0.15, 0.2) is 5.65 Å². The lowest BCUT2D eigenvalue weighted by molar-refractivity contribution is 0.331. The number of nitrogen functional groups attached to an aromatic ring is 2. The first-order valence-corrected chi connectivity index (χ1v) is 10.2. The monoisotopic (exact) mass is 379 g/mol. The molecular formula is C21H29N7. The van der Waals surface area contributed by atoms with Crippen LogP contribution in [0, 0.1) is 0 Å². The fourth-order valence-electron chi connectivity index (χ4n) is 3.94. The summed E-state index contributed by atoms with van der Waals surface area (Å²) in [7, 11) is 0. The van der Waals surface area contributed by atoms with Crippen LogP contribution >= 0.6 is 0 Å². The van der Waals surface area contributed by atoms with Gasteiger partial charge < -0.3 is 11.5 Å². The molecule has 0 atom stereocenters. The highest BCUT2D eigenvalue weighted by molar-refractivity contribution is 5.89. The molecule has 0 bridgehead atoms. The lowest BCUT2D eigenvalue weighted by atomic mass is 10.1. The van der Waals surface area contributed by atoms with Crippen molar-refractivity contribution in [3.05, 3.63) is 41.1 Å². The third-order valence-corrected chi connectivity index (χ3v) is 5.44. The van der Waals surface area contributed by atoms with Gasteiger partial charge >= 0.3 is 0 Å². The van der Waals surface area contributed by atoms with E-state index in [1.807, 2.05) is 4.68 Å². The van der Waals surface area contributed by atoms with Crippen molar-refractivity contribution >= 4 is 22.8 Å². The molecule has 0 saturated carbocycles. The molecule has 0 amide bonds. The van der Waals surface area contributed by atoms with E-state index in [1.165, 1.54) is 37.1 Å². The van der Waals surface area contributed by atoms with Gasteiger partial charge in [0.25, 0.3) is 0 Å². The van der Waals surface area contributed by atoms with Gasteiger partial charge in [-0.15, -0.1) is 0 Å². The van der Waals surface area contributed by atoms with Crippen molar-refractivity contribution < 1.29 is 0 Å². The quantitative estimate of drug-likeness (QED) is 0.655. The van der Waals surface area contributed by atoms with E-state index in [-0.39, 0.29) is 5.95 Å². The summed E-state index contributed by atoms with van der Waals surface area (Å²) in [5.41, 5.74) is 16.2. The molecule has 1 aliphatic rings. The molecule has 7 nitrogen and oxygen atoms in total. The molecule has 3 heterocycles. The minimum absolute atomic E-state index is 0.189. The molecule has 4 N–H and O–H groups in total. The fraction of sp³-hybridized carbons (Fsp3) is 0.476. The zero-order valence-corrected chi connectivity index (χ0v) is 16.6. The summed E-state index contributed by atoms with van der Waals surface area (Å²) in [4.78, 5) is 11.1. The third-order valence-electron chi connectivity index (χ3n) is 5.44. The summed E-state index contributed by atoms with van der Waals surface area (Å²) >= 11 is 0. The maximum Gasteiger partial charge on any atom is 0.224 e. The van der Waals surface area contributed by atoms with Gasteiger partial charge in [0, 0.05) is 6.54 Å². The van der Waals surface area contributed by atoms with E-state index >= 15 is 0 Å². The van der Waals surface area contributed by atoms with Gasteiger partial charge in [-0.1, -0.05) is 37.6 Å². The Morgan fingerprint density at radius 3 is 2.32 bits per heavy atom. The summed E-state index contributed by atoms with van der Waals surface area (Å²) in [6, 6.07) is 8.79. The topological polar surface area (TPSA) is 98.9 Å². The predicted molar refractivity (Wildman–Crippen MR) is 113 cm³/mol. The molecule has 0 aliphatic carbocycles. The summed E-state index contributed by atoms with van der Waals surface area (Å²) in [6.45, 7) is 6.27. The number of nitrogens with two attached hydrogens (primary N) is 2. The van der Waals surface area contributed by atoms with Crippen molar-refractivity contribution in [2.24, 2.45) is 0 Å². The lowest BCUT2D eigenvalue weighted by Crippen LogP contribution is -2.18. The molecule has 0 spiro atoms. The molecule has 1 fully saturated rings. The van der Waals surface area contributed by atoms with Crippen LogP contribution in [0.15, 0.2) is 24.3 Å². The first-order chi connectivity index (χ1) is 13.6. The van der Waals surface area contributed by atoms with Crippen molar-refractivity contribution in [2.45, 2.75) is 52.1 Å². The van der Waals surface area contributed by atoms with Crippen LogP contribution in [0.3, 0.4) is 0 Å². The first-order valence-electron chi connectivity index (χ1n) is 10.2. The molecule has 148 valence electrons. The van der Waals surface area contributed by atoms with E-state index in [1.54, 1.807) is 0 Å². The summed E-state index contributed by atoms with van der Waals surface area (Å²) in [6.07, 6.45) is 5.66. The van der Waals surface area contributed by atoms with E-state index in [2.05, 4.69) is 46.1 Å². The number of anilines is 2. The molecule has 7 heteroatoms. The van der Waals surface area contributed by atoms with Gasteiger partial charge in [0.2, 0.25) is 5.95 Å². The highest BCUT2D eigenvalue weighted by Crippen LogP contribution is 2.25. The van der Waals surface area contributed by atoms with Crippen molar-refractivity contribution in [1.82, 2.24) is 24.6 Å². The Morgan fingerprint density at radius 2 is 1.64 bits per heavy atom. The molecule has 0 unspecified atom stereocenters.